The predicted octanol–water partition coefficient (Wildman–Crippen LogP) is -2.66. The molecule has 16 nitrogen and oxygen atoms in total. The van der Waals surface area contributed by atoms with Crippen molar-refractivity contribution in [2.24, 2.45) is 22.2 Å². The number of carbonyl (C=O) groups is 4. The van der Waals surface area contributed by atoms with Crippen LogP contribution in [0.4, 0.5) is 0 Å². The molecule has 39 heavy (non-hydrogen) atoms. The van der Waals surface area contributed by atoms with Gasteiger partial charge < -0.3 is 47.8 Å². The summed E-state index contributed by atoms with van der Waals surface area (Å²) in [5.41, 5.74) is 17.9. The van der Waals surface area contributed by atoms with Gasteiger partial charge >= 0.3 is 5.97 Å². The van der Waals surface area contributed by atoms with Gasteiger partial charge in [0, 0.05) is 49.7 Å². The summed E-state index contributed by atoms with van der Waals surface area (Å²) in [5.74, 6) is -2.93. The Morgan fingerprint density at radius 2 is 1.74 bits per heavy atom. The Bertz CT molecular complexity index is 1130. The van der Waals surface area contributed by atoms with Crippen LogP contribution in [-0.2, 0) is 32.0 Å². The summed E-state index contributed by atoms with van der Waals surface area (Å²) >= 11 is 0. The van der Waals surface area contributed by atoms with Crippen LogP contribution in [0.1, 0.15) is 37.1 Å². The number of carboxylic acid groups (broad SMARTS) is 1. The molecule has 3 rings (SSSR count). The highest BCUT2D eigenvalue weighted by Gasteiger charge is 2.39. The van der Waals surface area contributed by atoms with E-state index in [-0.39, 0.29) is 38.3 Å². The van der Waals surface area contributed by atoms with Crippen molar-refractivity contribution in [1.82, 2.24) is 35.5 Å². The maximum atomic E-state index is 13.6. The van der Waals surface area contributed by atoms with Crippen molar-refractivity contribution >= 4 is 29.7 Å². The Hall–Kier alpha value is -4.47. The molecule has 0 aliphatic carbocycles. The van der Waals surface area contributed by atoms with E-state index in [1.807, 2.05) is 0 Å². The van der Waals surface area contributed by atoms with E-state index in [2.05, 4.69) is 35.6 Å². The third-order valence-electron chi connectivity index (χ3n) is 6.32. The highest BCUT2D eigenvalue weighted by molar-refractivity contribution is 5.94. The van der Waals surface area contributed by atoms with Gasteiger partial charge in [-0.15, -0.1) is 0 Å². The van der Waals surface area contributed by atoms with Gasteiger partial charge in [0.2, 0.25) is 17.7 Å². The van der Waals surface area contributed by atoms with E-state index in [1.165, 1.54) is 23.8 Å². The van der Waals surface area contributed by atoms with Crippen molar-refractivity contribution in [2.45, 2.75) is 62.7 Å². The molecule has 0 bridgehead atoms. The summed E-state index contributed by atoms with van der Waals surface area (Å²) in [6.07, 6.45) is 7.61. The van der Waals surface area contributed by atoms with Gasteiger partial charge in [-0.3, -0.25) is 19.4 Å². The molecule has 1 aliphatic heterocycles. The molecule has 0 aromatic carbocycles. The Balaban J connectivity index is 1.68. The topological polar surface area (TPSA) is 264 Å². The number of aliphatic imine (C=N–C) groups is 1. The van der Waals surface area contributed by atoms with Gasteiger partial charge in [-0.1, -0.05) is 0 Å². The molecule has 0 spiro atoms. The number of nitrogens with two attached hydrogens (primary N) is 3. The first-order valence-electron chi connectivity index (χ1n) is 12.5. The van der Waals surface area contributed by atoms with Crippen molar-refractivity contribution in [3.05, 3.63) is 36.4 Å². The minimum atomic E-state index is -1.21. The molecule has 1 saturated heterocycles. The summed E-state index contributed by atoms with van der Waals surface area (Å²) in [6.45, 7) is 0.488. The van der Waals surface area contributed by atoms with Gasteiger partial charge in [-0.05, 0) is 25.7 Å². The number of hydrogen-bond donors (Lipinski definition) is 8. The van der Waals surface area contributed by atoms with E-state index < -0.39 is 47.9 Å². The Kier molecular flexibility index (Phi) is 10.4. The highest BCUT2D eigenvalue weighted by atomic mass is 16.4. The number of aliphatic carboxylic acids is 1. The average Bonchev–Trinajstić information content (AvgIpc) is 3.67. The fraction of sp³-hybridized carbons (Fsp3) is 0.522. The number of nitrogens with one attached hydrogen (secondary N) is 4. The summed E-state index contributed by atoms with van der Waals surface area (Å²) < 4.78 is 0. The molecule has 16 heteroatoms. The molecule has 3 amide bonds. The fourth-order valence-electron chi connectivity index (χ4n) is 4.35. The number of guanidine groups is 1. The molecular weight excluding hydrogens is 510 g/mol. The minimum absolute atomic E-state index is 0.0920. The van der Waals surface area contributed by atoms with Crippen LogP contribution >= 0.6 is 0 Å². The SMILES string of the molecule is NC(N)=NCCCC(NC(=O)C1CCCN1C(=O)C(Cc1cnc[nH]1)NC(=O)C(N)Cc1cnc[nH]1)C(=O)O. The third kappa shape index (κ3) is 8.53. The molecule has 0 saturated carbocycles. The number of rotatable bonds is 14. The van der Waals surface area contributed by atoms with Crippen LogP contribution in [0.2, 0.25) is 0 Å². The van der Waals surface area contributed by atoms with Gasteiger partial charge in [0.05, 0.1) is 18.7 Å². The number of hydrogen-bond acceptors (Lipinski definition) is 8. The zero-order valence-corrected chi connectivity index (χ0v) is 21.4. The van der Waals surface area contributed by atoms with Gasteiger partial charge in [-0.25, -0.2) is 14.8 Å². The van der Waals surface area contributed by atoms with Gasteiger partial charge in [-0.2, -0.15) is 0 Å². The smallest absolute Gasteiger partial charge is 0.326 e. The van der Waals surface area contributed by atoms with Crippen LogP contribution in [0.3, 0.4) is 0 Å². The zero-order chi connectivity index (χ0) is 28.4. The first-order valence-corrected chi connectivity index (χ1v) is 12.5. The summed E-state index contributed by atoms with van der Waals surface area (Å²) in [4.78, 5) is 70.2. The van der Waals surface area contributed by atoms with Crippen molar-refractivity contribution in [1.29, 1.82) is 0 Å². The third-order valence-corrected chi connectivity index (χ3v) is 6.32. The monoisotopic (exact) mass is 545 g/mol. The quantitative estimate of drug-likeness (QED) is 0.0693. The van der Waals surface area contributed by atoms with Crippen molar-refractivity contribution in [2.75, 3.05) is 13.1 Å². The molecule has 4 atom stereocenters. The maximum Gasteiger partial charge on any atom is 0.326 e. The van der Waals surface area contributed by atoms with Crippen molar-refractivity contribution in [3.8, 4) is 0 Å². The van der Waals surface area contributed by atoms with Crippen LogP contribution in [-0.4, -0.2) is 96.8 Å². The van der Waals surface area contributed by atoms with Crippen LogP contribution in [0.25, 0.3) is 0 Å². The maximum absolute atomic E-state index is 13.6. The normalized spacial score (nSPS) is 17.2. The van der Waals surface area contributed by atoms with Gasteiger partial charge in [0.1, 0.15) is 18.1 Å². The molecular formula is C23H35N11O5. The molecule has 11 N–H and O–H groups in total. The average molecular weight is 546 g/mol. The standard InChI is InChI=1S/C23H35N11O5/c24-15(7-13-9-27-11-30-13)19(35)33-17(8-14-10-28-12-31-14)21(37)34-6-2-4-18(34)20(36)32-16(22(38)39)3-1-5-29-23(25)26/h9-12,15-18H,1-8,24H2,(H,27,30)(H,28,31)(H,32,36)(H,33,35)(H,38,39)(H4,25,26,29). The molecule has 1 aliphatic rings. The lowest BCUT2D eigenvalue weighted by Gasteiger charge is -2.30. The summed E-state index contributed by atoms with van der Waals surface area (Å²) in [7, 11) is 0. The zero-order valence-electron chi connectivity index (χ0n) is 21.4. The predicted molar refractivity (Wildman–Crippen MR) is 139 cm³/mol. The first-order chi connectivity index (χ1) is 18.7. The van der Waals surface area contributed by atoms with E-state index in [4.69, 9.17) is 17.2 Å². The van der Waals surface area contributed by atoms with E-state index in [0.29, 0.717) is 30.7 Å². The number of imidazole rings is 2. The lowest BCUT2D eigenvalue weighted by Crippen LogP contribution is -2.57. The number of aromatic amines is 2. The molecule has 0 radical (unpaired) electrons. The number of H-pyrrole nitrogens is 2. The Morgan fingerprint density at radius 3 is 2.33 bits per heavy atom. The second-order valence-corrected chi connectivity index (χ2v) is 9.27. The Morgan fingerprint density at radius 1 is 1.08 bits per heavy atom. The molecule has 4 unspecified atom stereocenters. The number of carboxylic acids is 1. The largest absolute Gasteiger partial charge is 0.480 e. The van der Waals surface area contributed by atoms with Gasteiger partial charge in [0.25, 0.3) is 0 Å². The number of likely N-dealkylation sites (tertiary alicyclic amines) is 1. The van der Waals surface area contributed by atoms with Crippen LogP contribution < -0.4 is 27.8 Å². The molecule has 2 aromatic rings. The number of aromatic nitrogens is 4. The number of carbonyl (C=O) groups excluding carboxylic acids is 3. The summed E-state index contributed by atoms with van der Waals surface area (Å²) in [6, 6.07) is -4.05. The minimum Gasteiger partial charge on any atom is -0.480 e. The van der Waals surface area contributed by atoms with E-state index in [0.717, 1.165) is 0 Å². The lowest BCUT2D eigenvalue weighted by molar-refractivity contribution is -0.145. The fourth-order valence-corrected chi connectivity index (χ4v) is 4.35. The Labute approximate surface area is 224 Å². The van der Waals surface area contributed by atoms with E-state index >= 15 is 0 Å². The molecule has 3 heterocycles. The van der Waals surface area contributed by atoms with Crippen LogP contribution in [0, 0.1) is 0 Å². The second-order valence-electron chi connectivity index (χ2n) is 9.27. The first kappa shape index (κ1) is 29.1. The molecule has 2 aromatic heterocycles. The number of nitrogens with zero attached hydrogens (tertiary/aromatic N) is 4. The van der Waals surface area contributed by atoms with Crippen LogP contribution in [0.15, 0.2) is 30.0 Å². The van der Waals surface area contributed by atoms with Gasteiger partial charge in [0.15, 0.2) is 5.96 Å². The highest BCUT2D eigenvalue weighted by Crippen LogP contribution is 2.20. The molecule has 1 fully saturated rings. The molecule has 212 valence electrons. The lowest BCUT2D eigenvalue weighted by atomic mass is 10.1. The van der Waals surface area contributed by atoms with E-state index in [9.17, 15) is 24.3 Å². The summed E-state index contributed by atoms with van der Waals surface area (Å²) in [5, 5.41) is 14.8. The van der Waals surface area contributed by atoms with Crippen molar-refractivity contribution < 1.29 is 24.3 Å². The van der Waals surface area contributed by atoms with Crippen LogP contribution in [0.5, 0.6) is 0 Å². The second kappa shape index (κ2) is 13.9. The number of amides is 3. The van der Waals surface area contributed by atoms with Crippen molar-refractivity contribution in [3.63, 3.8) is 0 Å². The van der Waals surface area contributed by atoms with E-state index in [1.54, 1.807) is 6.20 Å².